The first-order valence-electron chi connectivity index (χ1n) is 9.96. The molecule has 1 amide bonds. The summed E-state index contributed by atoms with van der Waals surface area (Å²) in [7, 11) is 0. The molecule has 30 heavy (non-hydrogen) atoms. The molecule has 6 nitrogen and oxygen atoms in total. The molecule has 2 aromatic carbocycles. The second kappa shape index (κ2) is 7.63. The Morgan fingerprint density at radius 3 is 2.67 bits per heavy atom. The number of fused-ring (bicyclic) bond motifs is 2. The zero-order chi connectivity index (χ0) is 20.5. The van der Waals surface area contributed by atoms with Crippen LogP contribution in [0.2, 0.25) is 0 Å². The van der Waals surface area contributed by atoms with Gasteiger partial charge in [-0.25, -0.2) is 0 Å². The van der Waals surface area contributed by atoms with Crippen molar-refractivity contribution in [3.63, 3.8) is 0 Å². The average molecular weight is 402 g/mol. The molecule has 0 fully saturated rings. The van der Waals surface area contributed by atoms with Crippen molar-refractivity contribution in [1.82, 2.24) is 9.88 Å². The highest BCUT2D eigenvalue weighted by atomic mass is 16.7. The molecule has 0 saturated carbocycles. The van der Waals surface area contributed by atoms with E-state index in [1.807, 2.05) is 28.8 Å². The molecule has 0 radical (unpaired) electrons. The molecule has 0 spiro atoms. The van der Waals surface area contributed by atoms with Gasteiger partial charge in [0.15, 0.2) is 17.1 Å². The number of hydrogen-bond donors (Lipinski definition) is 1. The van der Waals surface area contributed by atoms with Crippen LogP contribution >= 0.6 is 0 Å². The van der Waals surface area contributed by atoms with Gasteiger partial charge in [0.05, 0.1) is 11.8 Å². The predicted molar refractivity (Wildman–Crippen MR) is 113 cm³/mol. The molecule has 1 aliphatic rings. The van der Waals surface area contributed by atoms with Crippen molar-refractivity contribution in [1.29, 1.82) is 0 Å². The highest BCUT2D eigenvalue weighted by molar-refractivity contribution is 5.97. The maximum absolute atomic E-state index is 12.9. The third kappa shape index (κ3) is 3.52. The number of ether oxygens (including phenoxy) is 2. The second-order valence-electron chi connectivity index (χ2n) is 7.46. The number of aromatic nitrogens is 1. The van der Waals surface area contributed by atoms with E-state index in [0.717, 1.165) is 28.1 Å². The van der Waals surface area contributed by atoms with Crippen LogP contribution in [0, 0.1) is 6.92 Å². The number of benzene rings is 2. The Kier molecular flexibility index (Phi) is 4.67. The fraction of sp³-hybridized carbons (Fsp3) is 0.208. The molecule has 0 aliphatic carbocycles. The first kappa shape index (κ1) is 18.4. The van der Waals surface area contributed by atoms with E-state index in [1.54, 1.807) is 12.3 Å². The van der Waals surface area contributed by atoms with Crippen LogP contribution in [0.5, 0.6) is 11.5 Å². The summed E-state index contributed by atoms with van der Waals surface area (Å²) in [5, 5.41) is 3.03. The Hall–Kier alpha value is -3.67. The summed E-state index contributed by atoms with van der Waals surface area (Å²) in [5.41, 5.74) is 5.65. The fourth-order valence-electron chi connectivity index (χ4n) is 3.72. The maximum Gasteiger partial charge on any atom is 0.268 e. The van der Waals surface area contributed by atoms with Crippen LogP contribution in [0.4, 0.5) is 0 Å². The van der Waals surface area contributed by atoms with E-state index in [9.17, 15) is 4.79 Å². The summed E-state index contributed by atoms with van der Waals surface area (Å²) in [4.78, 5) is 12.9. The smallest absolute Gasteiger partial charge is 0.268 e. The summed E-state index contributed by atoms with van der Waals surface area (Å²) in [6, 6.07) is 17.9. The van der Waals surface area contributed by atoms with Crippen LogP contribution in [-0.2, 0) is 13.0 Å². The maximum atomic E-state index is 12.9. The Morgan fingerprint density at radius 2 is 1.80 bits per heavy atom. The van der Waals surface area contributed by atoms with Crippen LogP contribution in [0.15, 0.2) is 65.3 Å². The van der Waals surface area contributed by atoms with Crippen LogP contribution < -0.4 is 14.8 Å². The van der Waals surface area contributed by atoms with E-state index in [2.05, 4.69) is 36.5 Å². The molecule has 0 atom stereocenters. The Bertz CT molecular complexity index is 1200. The van der Waals surface area contributed by atoms with Crippen molar-refractivity contribution in [3.05, 3.63) is 83.2 Å². The van der Waals surface area contributed by atoms with Crippen LogP contribution in [-0.4, -0.2) is 23.8 Å². The molecule has 0 bridgehead atoms. The molecule has 3 heterocycles. The van der Waals surface area contributed by atoms with Crippen molar-refractivity contribution in [2.24, 2.45) is 0 Å². The molecular weight excluding hydrogens is 380 g/mol. The third-order valence-electron chi connectivity index (χ3n) is 5.35. The van der Waals surface area contributed by atoms with Gasteiger partial charge in [-0.05, 0) is 36.6 Å². The van der Waals surface area contributed by atoms with Crippen LogP contribution in [0.3, 0.4) is 0 Å². The van der Waals surface area contributed by atoms with Crippen LogP contribution in [0.1, 0.15) is 27.2 Å². The number of carbonyl (C=O) groups is 1. The number of furan rings is 1. The van der Waals surface area contributed by atoms with Gasteiger partial charge in [-0.2, -0.15) is 0 Å². The van der Waals surface area contributed by atoms with E-state index >= 15 is 0 Å². The molecular formula is C24H22N2O4. The largest absolute Gasteiger partial charge is 0.463 e. The average Bonchev–Trinajstić information content (AvgIpc) is 3.46. The minimum absolute atomic E-state index is 0.116. The Labute approximate surface area is 174 Å². The number of nitrogens with zero attached hydrogens (tertiary/aromatic N) is 1. The quantitative estimate of drug-likeness (QED) is 0.522. The second-order valence-corrected chi connectivity index (χ2v) is 7.46. The van der Waals surface area contributed by atoms with Crippen LogP contribution in [0.25, 0.3) is 11.1 Å². The van der Waals surface area contributed by atoms with Gasteiger partial charge in [-0.15, -0.1) is 0 Å². The van der Waals surface area contributed by atoms with Crippen molar-refractivity contribution in [2.45, 2.75) is 19.9 Å². The minimum atomic E-state index is -0.116. The Balaban J connectivity index is 1.30. The van der Waals surface area contributed by atoms with Crippen molar-refractivity contribution in [2.75, 3.05) is 13.3 Å². The molecule has 152 valence electrons. The van der Waals surface area contributed by atoms with Gasteiger partial charge in [0.25, 0.3) is 5.91 Å². The summed E-state index contributed by atoms with van der Waals surface area (Å²) in [5.74, 6) is 1.40. The highest BCUT2D eigenvalue weighted by Gasteiger charge is 2.18. The number of nitrogens with one attached hydrogen (secondary N) is 1. The number of hydrogen-bond acceptors (Lipinski definition) is 4. The summed E-state index contributed by atoms with van der Waals surface area (Å²) >= 11 is 0. The first-order valence-corrected chi connectivity index (χ1v) is 9.96. The fourth-order valence-corrected chi connectivity index (χ4v) is 3.72. The lowest BCUT2D eigenvalue weighted by atomic mass is 10.1. The number of amides is 1. The number of carbonyl (C=O) groups excluding carboxylic acids is 1. The third-order valence-corrected chi connectivity index (χ3v) is 5.35. The van der Waals surface area contributed by atoms with Gasteiger partial charge in [-0.1, -0.05) is 35.9 Å². The number of aryl methyl sites for hydroxylation is 1. The monoisotopic (exact) mass is 402 g/mol. The molecule has 0 unspecified atom stereocenters. The van der Waals surface area contributed by atoms with E-state index in [4.69, 9.17) is 13.9 Å². The molecule has 4 aromatic rings. The van der Waals surface area contributed by atoms with Crippen molar-refractivity contribution in [3.8, 4) is 11.5 Å². The number of rotatable bonds is 6. The molecule has 6 heteroatoms. The molecule has 5 rings (SSSR count). The lowest BCUT2D eigenvalue weighted by molar-refractivity contribution is 0.0945. The lowest BCUT2D eigenvalue weighted by Crippen LogP contribution is -2.28. The van der Waals surface area contributed by atoms with E-state index in [1.165, 1.54) is 5.56 Å². The molecule has 1 aliphatic heterocycles. The summed E-state index contributed by atoms with van der Waals surface area (Å²) in [6.07, 6.45) is 2.36. The first-order chi connectivity index (χ1) is 14.7. The minimum Gasteiger partial charge on any atom is -0.463 e. The normalized spacial score (nSPS) is 12.4. The SMILES string of the molecule is Cc1ccc(Cn2c(C(=O)NCCc3ccc4c(c3)OCO4)cc3occc32)cc1. The van der Waals surface area contributed by atoms with Gasteiger partial charge in [-0.3, -0.25) is 4.79 Å². The van der Waals surface area contributed by atoms with E-state index in [-0.39, 0.29) is 12.7 Å². The molecule has 0 saturated heterocycles. The van der Waals surface area contributed by atoms with Gasteiger partial charge < -0.3 is 23.8 Å². The molecule has 2 aromatic heterocycles. The highest BCUT2D eigenvalue weighted by Crippen LogP contribution is 2.32. The van der Waals surface area contributed by atoms with E-state index < -0.39 is 0 Å². The zero-order valence-corrected chi connectivity index (χ0v) is 16.7. The van der Waals surface area contributed by atoms with Gasteiger partial charge in [0.2, 0.25) is 6.79 Å². The Morgan fingerprint density at radius 1 is 1.00 bits per heavy atom. The standard InChI is InChI=1S/C24H22N2O4/c1-16-2-4-18(5-3-16)14-26-19-9-11-28-22(19)13-20(26)24(27)25-10-8-17-6-7-21-23(12-17)30-15-29-21/h2-7,9,11-13H,8,10,14-15H2,1H3,(H,25,27). The van der Waals surface area contributed by atoms with Crippen molar-refractivity contribution < 1.29 is 18.7 Å². The van der Waals surface area contributed by atoms with Gasteiger partial charge in [0, 0.05) is 25.2 Å². The lowest BCUT2D eigenvalue weighted by Gasteiger charge is -2.11. The van der Waals surface area contributed by atoms with Crippen molar-refractivity contribution >= 4 is 17.0 Å². The summed E-state index contributed by atoms with van der Waals surface area (Å²) < 4.78 is 18.3. The topological polar surface area (TPSA) is 65.6 Å². The summed E-state index contributed by atoms with van der Waals surface area (Å²) in [6.45, 7) is 3.45. The predicted octanol–water partition coefficient (Wildman–Crippen LogP) is 4.29. The van der Waals surface area contributed by atoms with Gasteiger partial charge in [0.1, 0.15) is 5.69 Å². The van der Waals surface area contributed by atoms with E-state index in [0.29, 0.717) is 30.8 Å². The van der Waals surface area contributed by atoms with Gasteiger partial charge >= 0.3 is 0 Å². The molecule has 1 N–H and O–H groups in total. The zero-order valence-electron chi connectivity index (χ0n) is 16.7.